The summed E-state index contributed by atoms with van der Waals surface area (Å²) in [6.07, 6.45) is 0. The highest BCUT2D eigenvalue weighted by molar-refractivity contribution is 5.96. The molecule has 1 aromatic heterocycles. The van der Waals surface area contributed by atoms with Crippen LogP contribution in [0, 0.1) is 20.8 Å². The average Bonchev–Trinajstić information content (AvgIpc) is 2.37. The van der Waals surface area contributed by atoms with Gasteiger partial charge >= 0.3 is 0 Å². The number of aliphatic hydroxyl groups is 1. The van der Waals surface area contributed by atoms with Gasteiger partial charge in [-0.1, -0.05) is 0 Å². The molecule has 0 fully saturated rings. The third-order valence-electron chi connectivity index (χ3n) is 2.75. The zero-order chi connectivity index (χ0) is 13.4. The Balaban J connectivity index is 2.97. The quantitative estimate of drug-likeness (QED) is 0.878. The van der Waals surface area contributed by atoms with Gasteiger partial charge in [0.25, 0.3) is 5.91 Å². The van der Waals surface area contributed by atoms with Gasteiger partial charge in [0, 0.05) is 19.2 Å². The van der Waals surface area contributed by atoms with Gasteiger partial charge in [0.05, 0.1) is 11.2 Å². The van der Waals surface area contributed by atoms with Gasteiger partial charge in [-0.05, 0) is 34.6 Å². The lowest BCUT2D eigenvalue weighted by atomic mass is 10.1. The molecular formula is C13H21NO3. The van der Waals surface area contributed by atoms with Gasteiger partial charge in [0.1, 0.15) is 11.5 Å². The van der Waals surface area contributed by atoms with Gasteiger partial charge < -0.3 is 14.4 Å². The first-order chi connectivity index (χ1) is 7.63. The van der Waals surface area contributed by atoms with E-state index in [0.717, 1.165) is 11.3 Å². The van der Waals surface area contributed by atoms with Crippen LogP contribution < -0.4 is 0 Å². The van der Waals surface area contributed by atoms with Crippen LogP contribution in [-0.2, 0) is 0 Å². The van der Waals surface area contributed by atoms with Crippen LogP contribution in [0.4, 0.5) is 0 Å². The third kappa shape index (κ3) is 3.09. The molecule has 0 bridgehead atoms. The first-order valence-electron chi connectivity index (χ1n) is 5.68. The minimum Gasteiger partial charge on any atom is -0.466 e. The van der Waals surface area contributed by atoms with E-state index in [1.165, 1.54) is 4.90 Å². The molecule has 1 heterocycles. The van der Waals surface area contributed by atoms with Crippen molar-refractivity contribution in [2.24, 2.45) is 0 Å². The monoisotopic (exact) mass is 239 g/mol. The summed E-state index contributed by atoms with van der Waals surface area (Å²) in [7, 11) is 1.68. The Bertz CT molecular complexity index is 427. The molecule has 0 saturated carbocycles. The second-order valence-corrected chi connectivity index (χ2v) is 5.19. The molecule has 0 aliphatic carbocycles. The van der Waals surface area contributed by atoms with E-state index in [1.807, 2.05) is 13.8 Å². The Kier molecular flexibility index (Phi) is 3.67. The molecule has 1 rings (SSSR count). The van der Waals surface area contributed by atoms with Crippen molar-refractivity contribution in [3.8, 4) is 0 Å². The molecule has 0 aromatic carbocycles. The van der Waals surface area contributed by atoms with E-state index in [2.05, 4.69) is 0 Å². The molecule has 1 aromatic rings. The molecule has 4 heteroatoms. The SMILES string of the molecule is Cc1oc(C)c(C(=O)N(C)CC(C)(C)O)c1C. The Hall–Kier alpha value is -1.29. The number of rotatable bonds is 3. The van der Waals surface area contributed by atoms with Crippen LogP contribution in [0.1, 0.15) is 41.3 Å². The normalized spacial score (nSPS) is 11.7. The molecule has 1 amide bonds. The van der Waals surface area contributed by atoms with E-state index >= 15 is 0 Å². The lowest BCUT2D eigenvalue weighted by Gasteiger charge is -2.25. The highest BCUT2D eigenvalue weighted by Gasteiger charge is 2.25. The molecule has 0 saturated heterocycles. The summed E-state index contributed by atoms with van der Waals surface area (Å²) in [5, 5.41) is 9.71. The Morgan fingerprint density at radius 3 is 2.18 bits per heavy atom. The van der Waals surface area contributed by atoms with Crippen molar-refractivity contribution in [1.82, 2.24) is 4.90 Å². The van der Waals surface area contributed by atoms with Gasteiger partial charge in [-0.2, -0.15) is 0 Å². The van der Waals surface area contributed by atoms with Gasteiger partial charge in [0.15, 0.2) is 0 Å². The van der Waals surface area contributed by atoms with E-state index in [-0.39, 0.29) is 12.5 Å². The lowest BCUT2D eigenvalue weighted by Crippen LogP contribution is -2.40. The average molecular weight is 239 g/mol. The molecule has 0 spiro atoms. The van der Waals surface area contributed by atoms with Crippen LogP contribution in [-0.4, -0.2) is 35.1 Å². The molecular weight excluding hydrogens is 218 g/mol. The number of carbonyl (C=O) groups is 1. The second kappa shape index (κ2) is 4.53. The van der Waals surface area contributed by atoms with Crippen LogP contribution in [0.3, 0.4) is 0 Å². The summed E-state index contributed by atoms with van der Waals surface area (Å²) in [4.78, 5) is 13.8. The highest BCUT2D eigenvalue weighted by Crippen LogP contribution is 2.22. The molecule has 17 heavy (non-hydrogen) atoms. The Morgan fingerprint density at radius 1 is 1.29 bits per heavy atom. The number of likely N-dealkylation sites (N-methyl/N-ethyl adjacent to an activating group) is 1. The fourth-order valence-electron chi connectivity index (χ4n) is 1.95. The van der Waals surface area contributed by atoms with Gasteiger partial charge in [-0.25, -0.2) is 0 Å². The number of nitrogens with zero attached hydrogens (tertiary/aromatic N) is 1. The molecule has 0 aliphatic heterocycles. The Labute approximate surface area is 102 Å². The van der Waals surface area contributed by atoms with Gasteiger partial charge in [0.2, 0.25) is 0 Å². The Morgan fingerprint density at radius 2 is 1.82 bits per heavy atom. The van der Waals surface area contributed by atoms with E-state index in [1.54, 1.807) is 27.8 Å². The van der Waals surface area contributed by atoms with Crippen LogP contribution in [0.15, 0.2) is 4.42 Å². The number of carbonyl (C=O) groups excluding carboxylic acids is 1. The minimum absolute atomic E-state index is 0.112. The zero-order valence-electron chi connectivity index (χ0n) is 11.4. The predicted octanol–water partition coefficient (Wildman–Crippen LogP) is 2.05. The summed E-state index contributed by atoms with van der Waals surface area (Å²) in [5.41, 5.74) is 0.578. The molecule has 0 atom stereocenters. The van der Waals surface area contributed by atoms with Gasteiger partial charge in [-0.15, -0.1) is 0 Å². The molecule has 0 radical (unpaired) electrons. The van der Waals surface area contributed by atoms with Gasteiger partial charge in [-0.3, -0.25) is 4.79 Å². The summed E-state index contributed by atoms with van der Waals surface area (Å²) in [6, 6.07) is 0. The van der Waals surface area contributed by atoms with Crippen molar-refractivity contribution in [3.63, 3.8) is 0 Å². The summed E-state index contributed by atoms with van der Waals surface area (Å²) >= 11 is 0. The summed E-state index contributed by atoms with van der Waals surface area (Å²) in [6.45, 7) is 9.14. The number of furan rings is 1. The van der Waals surface area contributed by atoms with E-state index in [0.29, 0.717) is 11.3 Å². The topological polar surface area (TPSA) is 53.7 Å². The van der Waals surface area contributed by atoms with Crippen LogP contribution in [0.5, 0.6) is 0 Å². The number of amides is 1. The van der Waals surface area contributed by atoms with E-state index in [9.17, 15) is 9.90 Å². The molecule has 4 nitrogen and oxygen atoms in total. The second-order valence-electron chi connectivity index (χ2n) is 5.19. The van der Waals surface area contributed by atoms with E-state index < -0.39 is 5.60 Å². The molecule has 1 N–H and O–H groups in total. The van der Waals surface area contributed by atoms with Crippen LogP contribution >= 0.6 is 0 Å². The number of aryl methyl sites for hydroxylation is 2. The fraction of sp³-hybridized carbons (Fsp3) is 0.615. The molecule has 0 aliphatic rings. The predicted molar refractivity (Wildman–Crippen MR) is 66.2 cm³/mol. The zero-order valence-corrected chi connectivity index (χ0v) is 11.4. The highest BCUT2D eigenvalue weighted by atomic mass is 16.3. The lowest BCUT2D eigenvalue weighted by molar-refractivity contribution is 0.0366. The van der Waals surface area contributed by atoms with Crippen molar-refractivity contribution >= 4 is 5.91 Å². The van der Waals surface area contributed by atoms with Crippen molar-refractivity contribution < 1.29 is 14.3 Å². The van der Waals surface area contributed by atoms with Crippen molar-refractivity contribution in [1.29, 1.82) is 0 Å². The smallest absolute Gasteiger partial charge is 0.257 e. The van der Waals surface area contributed by atoms with Crippen molar-refractivity contribution in [2.45, 2.75) is 40.2 Å². The molecule has 96 valence electrons. The van der Waals surface area contributed by atoms with E-state index in [4.69, 9.17) is 4.42 Å². The summed E-state index contributed by atoms with van der Waals surface area (Å²) in [5.74, 6) is 1.29. The van der Waals surface area contributed by atoms with Crippen molar-refractivity contribution in [2.75, 3.05) is 13.6 Å². The third-order valence-corrected chi connectivity index (χ3v) is 2.75. The summed E-state index contributed by atoms with van der Waals surface area (Å²) < 4.78 is 5.44. The van der Waals surface area contributed by atoms with Crippen LogP contribution in [0.25, 0.3) is 0 Å². The number of hydrogen-bond acceptors (Lipinski definition) is 3. The maximum Gasteiger partial charge on any atom is 0.257 e. The van der Waals surface area contributed by atoms with Crippen molar-refractivity contribution in [3.05, 3.63) is 22.6 Å². The first kappa shape index (κ1) is 13.8. The molecule has 0 unspecified atom stereocenters. The number of hydrogen-bond donors (Lipinski definition) is 1. The standard InChI is InChI=1S/C13H21NO3/c1-8-9(2)17-10(3)11(8)12(15)14(6)7-13(4,5)16/h16H,7H2,1-6H3. The maximum absolute atomic E-state index is 12.2. The maximum atomic E-state index is 12.2. The minimum atomic E-state index is -0.898. The van der Waals surface area contributed by atoms with Crippen LogP contribution in [0.2, 0.25) is 0 Å². The fourth-order valence-corrected chi connectivity index (χ4v) is 1.95. The first-order valence-corrected chi connectivity index (χ1v) is 5.68. The largest absolute Gasteiger partial charge is 0.466 e.